The normalized spacial score (nSPS) is 15.5. The first-order chi connectivity index (χ1) is 7.79. The Morgan fingerprint density at radius 1 is 1.41 bits per heavy atom. The average molecular weight is 259 g/mol. The summed E-state index contributed by atoms with van der Waals surface area (Å²) in [5.41, 5.74) is 4.66. The Morgan fingerprint density at radius 2 is 1.94 bits per heavy atom. The summed E-state index contributed by atoms with van der Waals surface area (Å²) in [6, 6.07) is -0.595. The molecule has 0 saturated carbocycles. The molecule has 0 radical (unpaired) electrons. The van der Waals surface area contributed by atoms with Crippen LogP contribution in [-0.2, 0) is 9.59 Å². The van der Waals surface area contributed by atoms with Crippen LogP contribution in [0.1, 0.15) is 34.1 Å². The summed E-state index contributed by atoms with van der Waals surface area (Å²) in [5.74, 6) is -0.534. The number of hydrogen-bond donors (Lipinski definition) is 3. The molecule has 17 heavy (non-hydrogen) atoms. The zero-order valence-electron chi connectivity index (χ0n) is 10.8. The van der Waals surface area contributed by atoms with Gasteiger partial charge in [-0.1, -0.05) is 19.1 Å². The van der Waals surface area contributed by atoms with Gasteiger partial charge >= 0.3 is 0 Å². The van der Waals surface area contributed by atoms with Gasteiger partial charge < -0.3 is 16.4 Å². The molecule has 0 rings (SSSR count). The predicted molar refractivity (Wildman–Crippen MR) is 71.5 cm³/mol. The molecule has 0 saturated heterocycles. The fourth-order valence-electron chi connectivity index (χ4n) is 1.20. The van der Waals surface area contributed by atoms with Crippen molar-refractivity contribution in [3.63, 3.8) is 0 Å². The highest BCUT2D eigenvalue weighted by molar-refractivity contribution is 7.80. The molecule has 2 unspecified atom stereocenters. The Labute approximate surface area is 108 Å². The minimum absolute atomic E-state index is 0.139. The number of carbonyl (C=O) groups is 2. The molecule has 4 N–H and O–H groups in total. The topological polar surface area (TPSA) is 84.2 Å². The third kappa shape index (κ3) is 3.96. The zero-order chi connectivity index (χ0) is 13.6. The van der Waals surface area contributed by atoms with Crippen LogP contribution in [0, 0.1) is 5.41 Å². The van der Waals surface area contributed by atoms with Gasteiger partial charge in [-0.3, -0.25) is 9.59 Å². The highest BCUT2D eigenvalue weighted by Crippen LogP contribution is 2.21. The Hall–Kier alpha value is -1.17. The second-order valence-electron chi connectivity index (χ2n) is 4.14. The smallest absolute Gasteiger partial charge is 0.242 e. The minimum Gasteiger partial charge on any atom is -0.392 e. The highest BCUT2D eigenvalue weighted by atomic mass is 32.1. The van der Waals surface area contributed by atoms with E-state index in [2.05, 4.69) is 10.6 Å². The highest BCUT2D eigenvalue weighted by Gasteiger charge is 2.35. The van der Waals surface area contributed by atoms with Crippen LogP contribution in [0.4, 0.5) is 0 Å². The van der Waals surface area contributed by atoms with Gasteiger partial charge in [0.1, 0.15) is 6.04 Å². The van der Waals surface area contributed by atoms with Crippen LogP contribution in [0.3, 0.4) is 0 Å². The molecule has 5 nitrogen and oxygen atoms in total. The molecule has 0 fully saturated rings. The summed E-state index contributed by atoms with van der Waals surface area (Å²) < 4.78 is 0. The molecule has 0 aromatic carbocycles. The number of likely N-dealkylation sites (N-methyl/N-ethyl adjacent to an activating group) is 1. The van der Waals surface area contributed by atoms with Gasteiger partial charge in [-0.2, -0.15) is 0 Å². The van der Waals surface area contributed by atoms with Crippen molar-refractivity contribution in [1.29, 1.82) is 0 Å². The second kappa shape index (κ2) is 6.54. The Bertz CT molecular complexity index is 320. The van der Waals surface area contributed by atoms with Gasteiger partial charge in [0, 0.05) is 6.54 Å². The van der Waals surface area contributed by atoms with E-state index in [-0.39, 0.29) is 16.8 Å². The van der Waals surface area contributed by atoms with E-state index in [0.29, 0.717) is 13.0 Å². The lowest BCUT2D eigenvalue weighted by Crippen LogP contribution is -2.52. The average Bonchev–Trinajstić information content (AvgIpc) is 2.27. The van der Waals surface area contributed by atoms with Crippen LogP contribution in [0.2, 0.25) is 0 Å². The Balaban J connectivity index is 4.63. The second-order valence-corrected chi connectivity index (χ2v) is 4.58. The summed E-state index contributed by atoms with van der Waals surface area (Å²) in [4.78, 5) is 23.6. The third-order valence-electron chi connectivity index (χ3n) is 2.84. The molecule has 0 bridgehead atoms. The Morgan fingerprint density at radius 3 is 2.29 bits per heavy atom. The van der Waals surface area contributed by atoms with Gasteiger partial charge in [-0.05, 0) is 27.2 Å². The molecule has 0 aliphatic rings. The first-order valence-corrected chi connectivity index (χ1v) is 6.09. The maximum atomic E-state index is 12.0. The maximum Gasteiger partial charge on any atom is 0.242 e. The number of rotatable bonds is 6. The number of amides is 2. The van der Waals surface area contributed by atoms with E-state index in [1.54, 1.807) is 13.8 Å². The molecule has 0 heterocycles. The molecular formula is C11H21N3O2S. The first-order valence-electron chi connectivity index (χ1n) is 5.68. The van der Waals surface area contributed by atoms with Crippen molar-refractivity contribution >= 4 is 29.0 Å². The minimum atomic E-state index is -0.907. The summed E-state index contributed by atoms with van der Waals surface area (Å²) in [6.45, 7) is 7.47. The number of thiocarbonyl (C=S) groups is 1. The molecule has 2 amide bonds. The van der Waals surface area contributed by atoms with Crippen LogP contribution in [-0.4, -0.2) is 29.4 Å². The fraction of sp³-hybridized carbons (Fsp3) is 0.727. The van der Waals surface area contributed by atoms with E-state index < -0.39 is 11.5 Å². The molecule has 0 aromatic rings. The number of carbonyl (C=O) groups excluding carboxylic acids is 2. The van der Waals surface area contributed by atoms with Gasteiger partial charge in [0.05, 0.1) is 10.4 Å². The summed E-state index contributed by atoms with van der Waals surface area (Å²) >= 11 is 4.89. The molecule has 0 spiro atoms. The van der Waals surface area contributed by atoms with Gasteiger partial charge in [-0.15, -0.1) is 0 Å². The summed E-state index contributed by atoms with van der Waals surface area (Å²) in [6.07, 6.45) is 0.496. The lowest BCUT2D eigenvalue weighted by molar-refractivity contribution is -0.132. The first kappa shape index (κ1) is 15.8. The van der Waals surface area contributed by atoms with Crippen molar-refractivity contribution in [2.75, 3.05) is 6.54 Å². The van der Waals surface area contributed by atoms with E-state index >= 15 is 0 Å². The van der Waals surface area contributed by atoms with E-state index in [4.69, 9.17) is 18.0 Å². The third-order valence-corrected chi connectivity index (χ3v) is 3.29. The van der Waals surface area contributed by atoms with Crippen molar-refractivity contribution in [3.8, 4) is 0 Å². The zero-order valence-corrected chi connectivity index (χ0v) is 11.6. The standard InChI is InChI=1S/C11H21N3O2S/c1-5-11(4,9(12)17)10(16)14-7(3)8(15)13-6-2/h7H,5-6H2,1-4H3,(H2,12,17)(H,13,15)(H,14,16). The van der Waals surface area contributed by atoms with E-state index in [1.807, 2.05) is 13.8 Å². The molecular weight excluding hydrogens is 238 g/mol. The van der Waals surface area contributed by atoms with Gasteiger partial charge in [0.2, 0.25) is 11.8 Å². The van der Waals surface area contributed by atoms with E-state index in [0.717, 1.165) is 0 Å². The van der Waals surface area contributed by atoms with Crippen LogP contribution in [0.5, 0.6) is 0 Å². The van der Waals surface area contributed by atoms with Gasteiger partial charge in [-0.25, -0.2) is 0 Å². The van der Waals surface area contributed by atoms with Crippen LogP contribution in [0.25, 0.3) is 0 Å². The van der Waals surface area contributed by atoms with Crippen molar-refractivity contribution in [3.05, 3.63) is 0 Å². The fourth-order valence-corrected chi connectivity index (χ4v) is 1.43. The van der Waals surface area contributed by atoms with E-state index in [9.17, 15) is 9.59 Å². The number of nitrogens with one attached hydrogen (secondary N) is 2. The van der Waals surface area contributed by atoms with Crippen LogP contribution >= 0.6 is 12.2 Å². The van der Waals surface area contributed by atoms with Crippen LogP contribution in [0.15, 0.2) is 0 Å². The van der Waals surface area contributed by atoms with Gasteiger partial charge in [0.15, 0.2) is 0 Å². The van der Waals surface area contributed by atoms with Crippen molar-refractivity contribution < 1.29 is 9.59 Å². The van der Waals surface area contributed by atoms with Gasteiger partial charge in [0.25, 0.3) is 0 Å². The van der Waals surface area contributed by atoms with Crippen molar-refractivity contribution in [1.82, 2.24) is 10.6 Å². The lowest BCUT2D eigenvalue weighted by atomic mass is 9.86. The summed E-state index contributed by atoms with van der Waals surface area (Å²) in [7, 11) is 0. The Kier molecular flexibility index (Phi) is 6.09. The largest absolute Gasteiger partial charge is 0.392 e. The van der Waals surface area contributed by atoms with E-state index in [1.165, 1.54) is 0 Å². The van der Waals surface area contributed by atoms with Crippen LogP contribution < -0.4 is 16.4 Å². The SMILES string of the molecule is CCNC(=O)C(C)NC(=O)C(C)(CC)C(N)=S. The predicted octanol–water partition coefficient (Wildman–Crippen LogP) is 0.330. The lowest BCUT2D eigenvalue weighted by Gasteiger charge is -2.27. The van der Waals surface area contributed by atoms with Crippen molar-refractivity contribution in [2.24, 2.45) is 11.1 Å². The molecule has 98 valence electrons. The molecule has 2 atom stereocenters. The number of hydrogen-bond acceptors (Lipinski definition) is 3. The quantitative estimate of drug-likeness (QED) is 0.600. The maximum absolute atomic E-state index is 12.0. The molecule has 6 heteroatoms. The summed E-state index contributed by atoms with van der Waals surface area (Å²) in [5, 5.41) is 5.25. The molecule has 0 aliphatic carbocycles. The molecule has 0 aliphatic heterocycles. The van der Waals surface area contributed by atoms with Crippen molar-refractivity contribution in [2.45, 2.75) is 40.2 Å². The monoisotopic (exact) mass is 259 g/mol. The molecule has 0 aromatic heterocycles. The number of nitrogens with two attached hydrogens (primary N) is 1.